The molecule has 0 saturated carbocycles. The van der Waals surface area contributed by atoms with Crippen molar-refractivity contribution in [3.05, 3.63) is 50.4 Å². The lowest BCUT2D eigenvalue weighted by Gasteiger charge is -2.03. The van der Waals surface area contributed by atoms with E-state index >= 15 is 0 Å². The summed E-state index contributed by atoms with van der Waals surface area (Å²) in [6.07, 6.45) is 2.60. The number of nitrogens with zero attached hydrogens (tertiary/aromatic N) is 1. The van der Waals surface area contributed by atoms with Gasteiger partial charge in [0.15, 0.2) is 0 Å². The first kappa shape index (κ1) is 13.2. The Kier molecular flexibility index (Phi) is 4.49. The summed E-state index contributed by atoms with van der Waals surface area (Å²) >= 11 is 4.97. The smallest absolute Gasteiger partial charge is 0.253 e. The van der Waals surface area contributed by atoms with Crippen LogP contribution in [0.4, 0.5) is 0 Å². The SMILES string of the molecule is CCc1ccc(CNC(=O)c2ccc(Br)nc2)s1. The molecule has 18 heavy (non-hydrogen) atoms. The van der Waals surface area contributed by atoms with Crippen LogP contribution in [0, 0.1) is 0 Å². The third-order valence-corrected chi connectivity index (χ3v) is 4.18. The van der Waals surface area contributed by atoms with Crippen molar-refractivity contribution in [1.29, 1.82) is 0 Å². The molecule has 0 aliphatic carbocycles. The summed E-state index contributed by atoms with van der Waals surface area (Å²) in [6.45, 7) is 2.70. The standard InChI is InChI=1S/C13H13BrN2OS/c1-2-10-4-5-11(18-10)8-16-13(17)9-3-6-12(14)15-7-9/h3-7H,2,8H2,1H3,(H,16,17). The summed E-state index contributed by atoms with van der Waals surface area (Å²) in [6, 6.07) is 7.67. The van der Waals surface area contributed by atoms with E-state index in [-0.39, 0.29) is 5.91 Å². The number of carbonyl (C=O) groups is 1. The molecule has 0 atom stereocenters. The van der Waals surface area contributed by atoms with Gasteiger partial charge < -0.3 is 5.32 Å². The molecule has 0 radical (unpaired) electrons. The van der Waals surface area contributed by atoms with E-state index in [1.165, 1.54) is 9.75 Å². The number of carbonyl (C=O) groups excluding carboxylic acids is 1. The number of pyridine rings is 1. The molecule has 2 aromatic heterocycles. The fourth-order valence-electron chi connectivity index (χ4n) is 1.49. The second-order valence-electron chi connectivity index (χ2n) is 3.77. The number of nitrogens with one attached hydrogen (secondary N) is 1. The average molecular weight is 325 g/mol. The molecule has 0 bridgehead atoms. The molecule has 0 aromatic carbocycles. The van der Waals surface area contributed by atoms with Gasteiger partial charge in [-0.25, -0.2) is 4.98 Å². The van der Waals surface area contributed by atoms with Crippen LogP contribution in [-0.4, -0.2) is 10.9 Å². The molecule has 1 amide bonds. The van der Waals surface area contributed by atoms with Gasteiger partial charge in [0.25, 0.3) is 5.91 Å². The number of amides is 1. The second-order valence-corrected chi connectivity index (χ2v) is 5.84. The topological polar surface area (TPSA) is 42.0 Å². The van der Waals surface area contributed by atoms with Crippen molar-refractivity contribution in [3.8, 4) is 0 Å². The van der Waals surface area contributed by atoms with Gasteiger partial charge in [0.1, 0.15) is 4.60 Å². The predicted octanol–water partition coefficient (Wildman–Crippen LogP) is 3.40. The number of rotatable bonds is 4. The first-order valence-corrected chi connectivity index (χ1v) is 7.27. The number of hydrogen-bond donors (Lipinski definition) is 1. The third-order valence-electron chi connectivity index (χ3n) is 2.48. The van der Waals surface area contributed by atoms with Crippen LogP contribution in [-0.2, 0) is 13.0 Å². The maximum absolute atomic E-state index is 11.8. The van der Waals surface area contributed by atoms with Crippen molar-refractivity contribution in [1.82, 2.24) is 10.3 Å². The Morgan fingerprint density at radius 1 is 1.33 bits per heavy atom. The Morgan fingerprint density at radius 3 is 2.72 bits per heavy atom. The quantitative estimate of drug-likeness (QED) is 0.876. The van der Waals surface area contributed by atoms with Crippen LogP contribution >= 0.6 is 27.3 Å². The fraction of sp³-hybridized carbons (Fsp3) is 0.231. The minimum Gasteiger partial charge on any atom is -0.347 e. The van der Waals surface area contributed by atoms with Crippen LogP contribution < -0.4 is 5.32 Å². The van der Waals surface area contributed by atoms with Gasteiger partial charge in [-0.2, -0.15) is 0 Å². The van der Waals surface area contributed by atoms with Crippen LogP contribution in [0.2, 0.25) is 0 Å². The number of halogens is 1. The van der Waals surface area contributed by atoms with Gasteiger partial charge in [0.05, 0.1) is 12.1 Å². The van der Waals surface area contributed by atoms with E-state index in [1.54, 1.807) is 29.7 Å². The Bertz CT molecular complexity index is 536. The molecule has 0 aliphatic rings. The van der Waals surface area contributed by atoms with Crippen molar-refractivity contribution in [3.63, 3.8) is 0 Å². The van der Waals surface area contributed by atoms with Crippen LogP contribution in [0.15, 0.2) is 35.1 Å². The lowest BCUT2D eigenvalue weighted by molar-refractivity contribution is 0.0951. The lowest BCUT2D eigenvalue weighted by Crippen LogP contribution is -2.22. The van der Waals surface area contributed by atoms with E-state index in [0.717, 1.165) is 11.0 Å². The van der Waals surface area contributed by atoms with E-state index in [1.807, 2.05) is 0 Å². The molecule has 1 N–H and O–H groups in total. The summed E-state index contributed by atoms with van der Waals surface area (Å²) in [5, 5.41) is 2.89. The van der Waals surface area contributed by atoms with Gasteiger partial charge in [-0.05, 0) is 46.6 Å². The number of thiophene rings is 1. The number of aryl methyl sites for hydroxylation is 1. The zero-order valence-corrected chi connectivity index (χ0v) is 12.3. The second kappa shape index (κ2) is 6.11. The molecule has 0 saturated heterocycles. The van der Waals surface area contributed by atoms with Crippen molar-refractivity contribution in [2.45, 2.75) is 19.9 Å². The van der Waals surface area contributed by atoms with Crippen molar-refractivity contribution >= 4 is 33.2 Å². The summed E-state index contributed by atoms with van der Waals surface area (Å²) in [7, 11) is 0. The zero-order valence-electron chi connectivity index (χ0n) is 9.94. The summed E-state index contributed by atoms with van der Waals surface area (Å²) < 4.78 is 0.727. The molecule has 2 aromatic rings. The van der Waals surface area contributed by atoms with E-state index in [9.17, 15) is 4.79 Å². The molecular weight excluding hydrogens is 312 g/mol. The molecule has 2 rings (SSSR count). The van der Waals surface area contributed by atoms with Gasteiger partial charge in [0.2, 0.25) is 0 Å². The molecule has 94 valence electrons. The third kappa shape index (κ3) is 3.40. The molecule has 3 nitrogen and oxygen atoms in total. The predicted molar refractivity (Wildman–Crippen MR) is 76.8 cm³/mol. The minimum atomic E-state index is -0.0959. The van der Waals surface area contributed by atoms with E-state index in [0.29, 0.717) is 12.1 Å². The monoisotopic (exact) mass is 324 g/mol. The average Bonchev–Trinajstić information content (AvgIpc) is 2.85. The Balaban J connectivity index is 1.93. The fourth-order valence-corrected chi connectivity index (χ4v) is 2.62. The van der Waals surface area contributed by atoms with Crippen molar-refractivity contribution < 1.29 is 4.79 Å². The highest BCUT2D eigenvalue weighted by Crippen LogP contribution is 2.16. The highest BCUT2D eigenvalue weighted by molar-refractivity contribution is 9.10. The molecule has 0 fully saturated rings. The van der Waals surface area contributed by atoms with Gasteiger partial charge in [-0.3, -0.25) is 4.79 Å². The van der Waals surface area contributed by atoms with Gasteiger partial charge >= 0.3 is 0 Å². The molecule has 0 unspecified atom stereocenters. The van der Waals surface area contributed by atoms with E-state index < -0.39 is 0 Å². The van der Waals surface area contributed by atoms with Gasteiger partial charge in [-0.1, -0.05) is 6.92 Å². The van der Waals surface area contributed by atoms with Crippen LogP contribution in [0.5, 0.6) is 0 Å². The Hall–Kier alpha value is -1.20. The van der Waals surface area contributed by atoms with Crippen LogP contribution in [0.3, 0.4) is 0 Å². The first-order chi connectivity index (χ1) is 8.69. The maximum atomic E-state index is 11.8. The van der Waals surface area contributed by atoms with Gasteiger partial charge in [-0.15, -0.1) is 11.3 Å². The molecular formula is C13H13BrN2OS. The highest BCUT2D eigenvalue weighted by Gasteiger charge is 2.06. The number of hydrogen-bond acceptors (Lipinski definition) is 3. The van der Waals surface area contributed by atoms with Crippen LogP contribution in [0.25, 0.3) is 0 Å². The van der Waals surface area contributed by atoms with E-state index in [4.69, 9.17) is 0 Å². The molecule has 5 heteroatoms. The van der Waals surface area contributed by atoms with Gasteiger partial charge in [0, 0.05) is 16.0 Å². The molecule has 0 spiro atoms. The maximum Gasteiger partial charge on any atom is 0.253 e. The van der Waals surface area contributed by atoms with Crippen molar-refractivity contribution in [2.75, 3.05) is 0 Å². The lowest BCUT2D eigenvalue weighted by atomic mass is 10.2. The summed E-state index contributed by atoms with van der Waals surface area (Å²) in [5.74, 6) is -0.0959. The number of aromatic nitrogens is 1. The summed E-state index contributed by atoms with van der Waals surface area (Å²) in [4.78, 5) is 18.4. The van der Waals surface area contributed by atoms with Crippen LogP contribution in [0.1, 0.15) is 27.0 Å². The van der Waals surface area contributed by atoms with E-state index in [2.05, 4.69) is 45.3 Å². The normalized spacial score (nSPS) is 10.3. The Morgan fingerprint density at radius 2 is 2.11 bits per heavy atom. The first-order valence-electron chi connectivity index (χ1n) is 5.66. The molecule has 0 aliphatic heterocycles. The largest absolute Gasteiger partial charge is 0.347 e. The zero-order chi connectivity index (χ0) is 13.0. The summed E-state index contributed by atoms with van der Waals surface area (Å²) in [5.41, 5.74) is 0.575. The highest BCUT2D eigenvalue weighted by atomic mass is 79.9. The molecule has 2 heterocycles. The Labute approximate surface area is 118 Å². The minimum absolute atomic E-state index is 0.0959. The van der Waals surface area contributed by atoms with Crippen molar-refractivity contribution in [2.24, 2.45) is 0 Å².